The van der Waals surface area contributed by atoms with Crippen LogP contribution in [0.5, 0.6) is 5.75 Å². The van der Waals surface area contributed by atoms with E-state index in [0.717, 1.165) is 5.84 Å². The van der Waals surface area contributed by atoms with E-state index in [-0.39, 0.29) is 11.9 Å². The van der Waals surface area contributed by atoms with Gasteiger partial charge in [0.15, 0.2) is 0 Å². The van der Waals surface area contributed by atoms with E-state index < -0.39 is 0 Å². The van der Waals surface area contributed by atoms with Crippen molar-refractivity contribution in [2.45, 2.75) is 13.8 Å². The van der Waals surface area contributed by atoms with Gasteiger partial charge in [0.2, 0.25) is 0 Å². The van der Waals surface area contributed by atoms with E-state index in [2.05, 4.69) is 4.99 Å². The van der Waals surface area contributed by atoms with Crippen molar-refractivity contribution in [1.82, 2.24) is 4.90 Å². The molecule has 5 heteroatoms. The molecule has 0 spiro atoms. The Hall–Kier alpha value is -2.17. The lowest BCUT2D eigenvalue weighted by molar-refractivity contribution is -0.131. The van der Waals surface area contributed by atoms with E-state index in [1.807, 2.05) is 6.92 Å². The molecule has 1 aliphatic heterocycles. The fourth-order valence-electron chi connectivity index (χ4n) is 1.79. The molecular formula is C13H14N2O3. The van der Waals surface area contributed by atoms with Crippen molar-refractivity contribution in [2.75, 3.05) is 13.1 Å². The van der Waals surface area contributed by atoms with Crippen molar-refractivity contribution < 1.29 is 14.3 Å². The second-order valence-electron chi connectivity index (χ2n) is 4.00. The van der Waals surface area contributed by atoms with Crippen LogP contribution < -0.4 is 4.74 Å². The zero-order valence-electron chi connectivity index (χ0n) is 10.3. The van der Waals surface area contributed by atoms with Gasteiger partial charge in [0.25, 0.3) is 5.91 Å². The molecule has 0 aliphatic carbocycles. The molecule has 1 aromatic rings. The fraction of sp³-hybridized carbons (Fsp3) is 0.308. The van der Waals surface area contributed by atoms with Gasteiger partial charge in [0, 0.05) is 19.0 Å². The molecule has 1 aliphatic rings. The summed E-state index contributed by atoms with van der Waals surface area (Å²) in [5, 5.41) is 0. The quantitative estimate of drug-likeness (QED) is 0.586. The number of amidine groups is 1. The average Bonchev–Trinajstić information content (AvgIpc) is 2.75. The number of carbonyl (C=O) groups is 2. The minimum atomic E-state index is -0.378. The highest BCUT2D eigenvalue weighted by atomic mass is 16.5. The number of benzene rings is 1. The Morgan fingerprint density at radius 1 is 1.28 bits per heavy atom. The second kappa shape index (κ2) is 5.00. The molecular weight excluding hydrogens is 232 g/mol. The van der Waals surface area contributed by atoms with Crippen LogP contribution in [0.15, 0.2) is 29.3 Å². The van der Waals surface area contributed by atoms with Crippen LogP contribution in [0, 0.1) is 0 Å². The van der Waals surface area contributed by atoms with Gasteiger partial charge >= 0.3 is 5.97 Å². The summed E-state index contributed by atoms with van der Waals surface area (Å²) in [4.78, 5) is 28.7. The van der Waals surface area contributed by atoms with E-state index in [9.17, 15) is 9.59 Å². The summed E-state index contributed by atoms with van der Waals surface area (Å²) in [6, 6.07) is 6.51. The largest absolute Gasteiger partial charge is 0.427 e. The maximum absolute atomic E-state index is 12.1. The number of rotatable bonds is 2. The first-order chi connectivity index (χ1) is 8.58. The Balaban J connectivity index is 2.12. The standard InChI is InChI=1S/C13H14N2O3/c1-9-14-7-8-15(9)13(17)11-3-5-12(6-4-11)18-10(2)16/h3-6H,7-8H2,1-2H3. The van der Waals surface area contributed by atoms with Crippen molar-refractivity contribution in [3.8, 4) is 5.75 Å². The average molecular weight is 246 g/mol. The smallest absolute Gasteiger partial charge is 0.308 e. The van der Waals surface area contributed by atoms with Crippen LogP contribution in [-0.2, 0) is 4.79 Å². The van der Waals surface area contributed by atoms with Gasteiger partial charge in [0.1, 0.15) is 11.6 Å². The molecule has 0 radical (unpaired) electrons. The molecule has 0 saturated heterocycles. The molecule has 0 saturated carbocycles. The van der Waals surface area contributed by atoms with Gasteiger partial charge in [-0.1, -0.05) is 0 Å². The highest BCUT2D eigenvalue weighted by Crippen LogP contribution is 2.15. The Labute approximate surface area is 105 Å². The lowest BCUT2D eigenvalue weighted by Crippen LogP contribution is -2.32. The summed E-state index contributed by atoms with van der Waals surface area (Å²) in [7, 11) is 0. The molecule has 1 amide bonds. The van der Waals surface area contributed by atoms with Gasteiger partial charge in [-0.2, -0.15) is 0 Å². The minimum absolute atomic E-state index is 0.0804. The predicted molar refractivity (Wildman–Crippen MR) is 66.8 cm³/mol. The van der Waals surface area contributed by atoms with E-state index in [1.54, 1.807) is 29.2 Å². The SMILES string of the molecule is CC(=O)Oc1ccc(C(=O)N2CCN=C2C)cc1. The second-order valence-corrected chi connectivity index (χ2v) is 4.00. The molecule has 5 nitrogen and oxygen atoms in total. The summed E-state index contributed by atoms with van der Waals surface area (Å²) in [5.74, 6) is 0.717. The van der Waals surface area contributed by atoms with Crippen LogP contribution in [0.25, 0.3) is 0 Å². The van der Waals surface area contributed by atoms with Gasteiger partial charge in [-0.15, -0.1) is 0 Å². The molecule has 0 N–H and O–H groups in total. The molecule has 0 aromatic heterocycles. The van der Waals surface area contributed by atoms with Crippen LogP contribution in [0.2, 0.25) is 0 Å². The first-order valence-electron chi connectivity index (χ1n) is 5.69. The normalized spacial score (nSPS) is 14.3. The lowest BCUT2D eigenvalue weighted by atomic mass is 10.2. The number of nitrogens with zero attached hydrogens (tertiary/aromatic N) is 2. The topological polar surface area (TPSA) is 59.0 Å². The van der Waals surface area contributed by atoms with Crippen LogP contribution >= 0.6 is 0 Å². The van der Waals surface area contributed by atoms with Crippen molar-refractivity contribution >= 4 is 17.7 Å². The number of aliphatic imine (C=N–C) groups is 1. The molecule has 18 heavy (non-hydrogen) atoms. The molecule has 1 aromatic carbocycles. The molecule has 0 unspecified atom stereocenters. The molecule has 1 heterocycles. The van der Waals surface area contributed by atoms with Gasteiger partial charge in [-0.05, 0) is 31.2 Å². The van der Waals surface area contributed by atoms with Crippen LogP contribution in [0.3, 0.4) is 0 Å². The summed E-state index contributed by atoms with van der Waals surface area (Å²) in [5.41, 5.74) is 0.558. The molecule has 0 atom stereocenters. The Kier molecular flexibility index (Phi) is 3.41. The fourth-order valence-corrected chi connectivity index (χ4v) is 1.79. The highest BCUT2D eigenvalue weighted by molar-refractivity contribution is 6.06. The van der Waals surface area contributed by atoms with Crippen molar-refractivity contribution in [1.29, 1.82) is 0 Å². The monoisotopic (exact) mass is 246 g/mol. The van der Waals surface area contributed by atoms with Gasteiger partial charge in [0.05, 0.1) is 6.54 Å². The number of hydrogen-bond donors (Lipinski definition) is 0. The van der Waals surface area contributed by atoms with E-state index in [4.69, 9.17) is 4.74 Å². The van der Waals surface area contributed by atoms with Crippen molar-refractivity contribution in [3.63, 3.8) is 0 Å². The lowest BCUT2D eigenvalue weighted by Gasteiger charge is -2.15. The van der Waals surface area contributed by atoms with Crippen LogP contribution in [0.4, 0.5) is 0 Å². The minimum Gasteiger partial charge on any atom is -0.427 e. The van der Waals surface area contributed by atoms with Gasteiger partial charge in [-0.3, -0.25) is 19.5 Å². The van der Waals surface area contributed by atoms with Gasteiger partial charge in [-0.25, -0.2) is 0 Å². The number of carbonyl (C=O) groups excluding carboxylic acids is 2. The first kappa shape index (κ1) is 12.3. The number of hydrogen-bond acceptors (Lipinski definition) is 4. The Bertz CT molecular complexity index is 505. The van der Waals surface area contributed by atoms with E-state index >= 15 is 0 Å². The van der Waals surface area contributed by atoms with Gasteiger partial charge < -0.3 is 4.74 Å². The van der Waals surface area contributed by atoms with E-state index in [1.165, 1.54) is 6.92 Å². The zero-order valence-corrected chi connectivity index (χ0v) is 10.3. The molecule has 94 valence electrons. The summed E-state index contributed by atoms with van der Waals surface area (Å²) >= 11 is 0. The first-order valence-corrected chi connectivity index (χ1v) is 5.69. The molecule has 0 fully saturated rings. The Morgan fingerprint density at radius 3 is 2.44 bits per heavy atom. The third-order valence-corrected chi connectivity index (χ3v) is 2.66. The summed E-state index contributed by atoms with van der Waals surface area (Å²) in [6.07, 6.45) is 0. The zero-order chi connectivity index (χ0) is 13.1. The van der Waals surface area contributed by atoms with Crippen molar-refractivity contribution in [3.05, 3.63) is 29.8 Å². The molecule has 2 rings (SSSR count). The van der Waals surface area contributed by atoms with E-state index in [0.29, 0.717) is 24.4 Å². The van der Waals surface area contributed by atoms with Crippen LogP contribution in [-0.4, -0.2) is 35.7 Å². The number of esters is 1. The number of amides is 1. The summed E-state index contributed by atoms with van der Waals surface area (Å²) in [6.45, 7) is 4.43. The summed E-state index contributed by atoms with van der Waals surface area (Å²) < 4.78 is 4.91. The highest BCUT2D eigenvalue weighted by Gasteiger charge is 2.21. The predicted octanol–water partition coefficient (Wildman–Crippen LogP) is 1.49. The maximum Gasteiger partial charge on any atom is 0.308 e. The third-order valence-electron chi connectivity index (χ3n) is 2.66. The maximum atomic E-state index is 12.1. The molecule has 0 bridgehead atoms. The number of ether oxygens (including phenoxy) is 1. The van der Waals surface area contributed by atoms with Crippen molar-refractivity contribution in [2.24, 2.45) is 4.99 Å². The van der Waals surface area contributed by atoms with Crippen LogP contribution in [0.1, 0.15) is 24.2 Å². The third kappa shape index (κ3) is 2.56. The Morgan fingerprint density at radius 2 is 1.94 bits per heavy atom.